The van der Waals surface area contributed by atoms with Crippen molar-refractivity contribution in [2.24, 2.45) is 0 Å². The summed E-state index contributed by atoms with van der Waals surface area (Å²) in [6, 6.07) is 10.9. The van der Waals surface area contributed by atoms with Crippen LogP contribution in [0.2, 0.25) is 76.6 Å². The Morgan fingerprint density at radius 3 is 1.02 bits per heavy atom. The quantitative estimate of drug-likeness (QED) is 0.152. The van der Waals surface area contributed by atoms with Crippen molar-refractivity contribution in [1.29, 1.82) is 0 Å². The van der Waals surface area contributed by atoms with Crippen LogP contribution in [-0.4, -0.2) is 32.3 Å². The van der Waals surface area contributed by atoms with Crippen LogP contribution in [0.3, 0.4) is 0 Å². The Balaban J connectivity index is 2.35. The molecular weight excluding hydrogens is 569 g/mol. The molecule has 0 N–H and O–H groups in total. The summed E-state index contributed by atoms with van der Waals surface area (Å²) in [5.41, 5.74) is 10.5. The Bertz CT molecular complexity index is 1080. The zero-order valence-corrected chi connectivity index (χ0v) is 32.8. The van der Waals surface area contributed by atoms with Crippen LogP contribution >= 0.6 is 0 Å². The van der Waals surface area contributed by atoms with Crippen LogP contribution in [0.15, 0.2) is 36.4 Å². The Hall–Kier alpha value is -1.31. The molecule has 42 heavy (non-hydrogen) atoms. The van der Waals surface area contributed by atoms with Crippen LogP contribution in [0.1, 0.15) is 88.2 Å². The lowest BCUT2D eigenvalue weighted by atomic mass is 10.1. The molecule has 0 radical (unpaired) electrons. The molecule has 0 amide bonds. The first kappa shape index (κ1) is 35.2. The second-order valence-electron chi connectivity index (χ2n) is 16.0. The third kappa shape index (κ3) is 11.6. The highest BCUT2D eigenvalue weighted by atomic mass is 28.3. The van der Waals surface area contributed by atoms with E-state index in [2.05, 4.69) is 112 Å². The first-order valence-corrected chi connectivity index (χ1v) is 30.2. The highest BCUT2D eigenvalue weighted by molar-refractivity contribution is 6.93. The Morgan fingerprint density at radius 2 is 0.762 bits per heavy atom. The van der Waals surface area contributed by atoms with Crippen LogP contribution in [-0.2, 0) is 0 Å². The van der Waals surface area contributed by atoms with Gasteiger partial charge in [0.2, 0.25) is 0 Å². The predicted octanol–water partition coefficient (Wildman–Crippen LogP) is 10.5. The number of rotatable bonds is 0. The van der Waals surface area contributed by atoms with E-state index in [0.717, 1.165) is 0 Å². The Kier molecular flexibility index (Phi) is 13.5. The molecule has 4 bridgehead atoms. The molecule has 4 heterocycles. The summed E-state index contributed by atoms with van der Waals surface area (Å²) in [4.78, 5) is 0. The summed E-state index contributed by atoms with van der Waals surface area (Å²) in [6.07, 6.45) is 25.6. The monoisotopic (exact) mass is 630 g/mol. The molecule has 2 unspecified atom stereocenters. The SMILES string of the molecule is C[Si](C)(C)C#Cc1cc2c(C#C[Si](C)(C)C)cc1[Si]1(C)CCCC/C=C\CCCC[Si]2(C)CCCC/C=C/CCCC1. The molecule has 5 rings (SSSR count). The molecule has 0 nitrogen and oxygen atoms in total. The van der Waals surface area contributed by atoms with Crippen LogP contribution in [0.5, 0.6) is 0 Å². The third-order valence-corrected chi connectivity index (χ3v) is 20.3. The van der Waals surface area contributed by atoms with Gasteiger partial charge in [0.1, 0.15) is 16.1 Å². The van der Waals surface area contributed by atoms with E-state index in [1.165, 1.54) is 112 Å². The molecule has 0 saturated carbocycles. The molecule has 0 aliphatic carbocycles. The van der Waals surface area contributed by atoms with E-state index in [0.29, 0.717) is 0 Å². The molecule has 1 aromatic rings. The molecule has 4 aliphatic rings. The summed E-state index contributed by atoms with van der Waals surface area (Å²) < 4.78 is 0. The van der Waals surface area contributed by atoms with Crippen molar-refractivity contribution in [3.05, 3.63) is 47.6 Å². The van der Waals surface area contributed by atoms with Gasteiger partial charge in [-0.1, -0.05) is 164 Å². The van der Waals surface area contributed by atoms with Gasteiger partial charge in [0.15, 0.2) is 0 Å². The van der Waals surface area contributed by atoms with Crippen LogP contribution in [0.25, 0.3) is 0 Å². The number of benzene rings is 1. The average molecular weight is 631 g/mol. The van der Waals surface area contributed by atoms with E-state index in [-0.39, 0.29) is 0 Å². The standard InChI is InChI=1S/C38H62Si4/c1-39(2,3)31-25-35-33-38-36(26-32-40(4,5)6)34-37(35)41(7)27-21-17-13-9-11-15-19-23-29-42(38,8)30-24-20-16-12-10-14-18-22-28-41/h9-12,33-34H,13-24,27-30H2,1-8H3/b11-9-,12-10+. The minimum absolute atomic E-state index is 1.25. The number of hydrogen-bond acceptors (Lipinski definition) is 0. The fraction of sp³-hybridized carbons (Fsp3) is 0.632. The van der Waals surface area contributed by atoms with Crippen LogP contribution < -0.4 is 10.4 Å². The second-order valence-corrected chi connectivity index (χ2v) is 34.8. The lowest BCUT2D eigenvalue weighted by molar-refractivity contribution is 0.759. The van der Waals surface area contributed by atoms with E-state index < -0.39 is 32.3 Å². The summed E-state index contributed by atoms with van der Waals surface area (Å²) in [6.45, 7) is 19.9. The summed E-state index contributed by atoms with van der Waals surface area (Å²) in [5, 5.41) is 3.30. The lowest BCUT2D eigenvalue weighted by Crippen LogP contribution is -2.51. The summed E-state index contributed by atoms with van der Waals surface area (Å²) >= 11 is 0. The Labute approximate surface area is 265 Å². The maximum atomic E-state index is 3.92. The van der Waals surface area contributed by atoms with E-state index in [4.69, 9.17) is 0 Å². The molecule has 0 saturated heterocycles. The molecule has 0 fully saturated rings. The minimum Gasteiger partial charge on any atom is -0.127 e. The van der Waals surface area contributed by atoms with Crippen molar-refractivity contribution >= 4 is 42.7 Å². The van der Waals surface area contributed by atoms with Gasteiger partial charge in [-0.25, -0.2) is 0 Å². The zero-order valence-electron chi connectivity index (χ0n) is 28.8. The van der Waals surface area contributed by atoms with E-state index >= 15 is 0 Å². The number of allylic oxidation sites excluding steroid dienone is 4. The van der Waals surface area contributed by atoms with Gasteiger partial charge >= 0.3 is 0 Å². The normalized spacial score (nSPS) is 26.7. The van der Waals surface area contributed by atoms with Gasteiger partial charge in [0.05, 0.1) is 16.1 Å². The molecule has 4 aliphatic heterocycles. The first-order chi connectivity index (χ1) is 19.8. The van der Waals surface area contributed by atoms with Gasteiger partial charge in [-0.05, 0) is 48.2 Å². The fourth-order valence-electron chi connectivity index (χ4n) is 6.68. The minimum atomic E-state index is -1.76. The van der Waals surface area contributed by atoms with Crippen molar-refractivity contribution < 1.29 is 0 Å². The van der Waals surface area contributed by atoms with Gasteiger partial charge in [0, 0.05) is 11.1 Å². The second kappa shape index (κ2) is 16.1. The first-order valence-electron chi connectivity index (χ1n) is 17.4. The summed E-state index contributed by atoms with van der Waals surface area (Å²) in [5.74, 6) is 7.83. The third-order valence-electron chi connectivity index (χ3n) is 9.33. The fourth-order valence-corrected chi connectivity index (χ4v) is 16.0. The molecule has 230 valence electrons. The van der Waals surface area contributed by atoms with Gasteiger partial charge in [0.25, 0.3) is 0 Å². The molecule has 4 heteroatoms. The summed E-state index contributed by atoms with van der Waals surface area (Å²) in [7, 11) is -6.54. The van der Waals surface area contributed by atoms with Gasteiger partial charge in [-0.2, -0.15) is 0 Å². The zero-order chi connectivity index (χ0) is 30.7. The largest absolute Gasteiger partial charge is 0.129 e. The highest BCUT2D eigenvalue weighted by Gasteiger charge is 2.36. The smallest absolute Gasteiger partial charge is 0.127 e. The van der Waals surface area contributed by atoms with E-state index in [9.17, 15) is 0 Å². The number of fused-ring (bicyclic) bond motifs is 16. The van der Waals surface area contributed by atoms with Crippen molar-refractivity contribution in [2.75, 3.05) is 0 Å². The van der Waals surface area contributed by atoms with Crippen molar-refractivity contribution in [3.8, 4) is 22.9 Å². The molecule has 1 aromatic carbocycles. The highest BCUT2D eigenvalue weighted by Crippen LogP contribution is 2.29. The van der Waals surface area contributed by atoms with Crippen molar-refractivity contribution in [2.45, 2.75) is 154 Å². The molecule has 0 aromatic heterocycles. The van der Waals surface area contributed by atoms with E-state index in [1.807, 2.05) is 0 Å². The molecule has 0 spiro atoms. The van der Waals surface area contributed by atoms with Crippen molar-refractivity contribution in [3.63, 3.8) is 0 Å². The van der Waals surface area contributed by atoms with Crippen LogP contribution in [0, 0.1) is 22.9 Å². The maximum Gasteiger partial charge on any atom is 0.129 e. The van der Waals surface area contributed by atoms with Crippen LogP contribution in [0.4, 0.5) is 0 Å². The molecule has 2 atom stereocenters. The average Bonchev–Trinajstić information content (AvgIpc) is 2.90. The lowest BCUT2D eigenvalue weighted by Gasteiger charge is -2.34. The van der Waals surface area contributed by atoms with Crippen molar-refractivity contribution in [1.82, 2.24) is 0 Å². The number of hydrogen-bond donors (Lipinski definition) is 0. The Morgan fingerprint density at radius 1 is 0.476 bits per heavy atom. The van der Waals surface area contributed by atoms with Gasteiger partial charge in [-0.15, -0.1) is 11.1 Å². The van der Waals surface area contributed by atoms with E-state index in [1.54, 1.807) is 10.4 Å². The molecular formula is C38H62Si4. The van der Waals surface area contributed by atoms with Gasteiger partial charge in [-0.3, -0.25) is 0 Å². The maximum absolute atomic E-state index is 3.92. The van der Waals surface area contributed by atoms with Gasteiger partial charge < -0.3 is 0 Å². The predicted molar refractivity (Wildman–Crippen MR) is 202 cm³/mol. The topological polar surface area (TPSA) is 0 Å².